The Morgan fingerprint density at radius 2 is 1.80 bits per heavy atom. The average molecular weight is 349 g/mol. The summed E-state index contributed by atoms with van der Waals surface area (Å²) in [5.41, 5.74) is 4.92. The van der Waals surface area contributed by atoms with Crippen LogP contribution in [0.1, 0.15) is 23.3 Å². The highest BCUT2D eigenvalue weighted by atomic mass is 32.1. The molecule has 1 aromatic carbocycles. The SMILES string of the molecule is O=c1oc2c(c(N3CCCC3)c1-c1ccccc1)CCc1sccc1-2. The summed E-state index contributed by atoms with van der Waals surface area (Å²) < 4.78 is 5.89. The Kier molecular flexibility index (Phi) is 3.52. The van der Waals surface area contributed by atoms with Crippen LogP contribution in [-0.2, 0) is 12.8 Å². The first kappa shape index (κ1) is 15.0. The predicted molar refractivity (Wildman–Crippen MR) is 103 cm³/mol. The fraction of sp³-hybridized carbons (Fsp3) is 0.286. The van der Waals surface area contributed by atoms with Crippen molar-refractivity contribution >= 4 is 17.0 Å². The zero-order valence-electron chi connectivity index (χ0n) is 14.0. The van der Waals surface area contributed by atoms with Crippen LogP contribution < -0.4 is 10.5 Å². The molecule has 1 aliphatic carbocycles. The maximum atomic E-state index is 13.0. The molecule has 1 saturated heterocycles. The fourth-order valence-corrected chi connectivity index (χ4v) is 5.01. The first-order valence-electron chi connectivity index (χ1n) is 8.90. The van der Waals surface area contributed by atoms with E-state index < -0.39 is 0 Å². The van der Waals surface area contributed by atoms with Crippen LogP contribution in [0.3, 0.4) is 0 Å². The Balaban J connectivity index is 1.82. The van der Waals surface area contributed by atoms with E-state index in [1.54, 1.807) is 11.3 Å². The maximum absolute atomic E-state index is 13.0. The lowest BCUT2D eigenvalue weighted by molar-refractivity contribution is 0.518. The quantitative estimate of drug-likeness (QED) is 0.670. The van der Waals surface area contributed by atoms with E-state index in [2.05, 4.69) is 16.3 Å². The number of hydrogen-bond donors (Lipinski definition) is 0. The number of benzene rings is 1. The van der Waals surface area contributed by atoms with Crippen LogP contribution in [0.25, 0.3) is 22.5 Å². The Morgan fingerprint density at radius 3 is 2.60 bits per heavy atom. The molecule has 4 heteroatoms. The molecule has 0 bridgehead atoms. The van der Waals surface area contributed by atoms with E-state index in [1.807, 2.05) is 30.3 Å². The minimum absolute atomic E-state index is 0.217. The van der Waals surface area contributed by atoms with Gasteiger partial charge >= 0.3 is 5.63 Å². The van der Waals surface area contributed by atoms with Gasteiger partial charge in [0.05, 0.1) is 11.3 Å². The largest absolute Gasteiger partial charge is 0.422 e. The number of rotatable bonds is 2. The predicted octanol–water partition coefficient (Wildman–Crippen LogP) is 4.73. The van der Waals surface area contributed by atoms with Crippen LogP contribution in [0.5, 0.6) is 0 Å². The van der Waals surface area contributed by atoms with E-state index in [0.29, 0.717) is 0 Å². The molecule has 3 nitrogen and oxygen atoms in total. The molecule has 0 unspecified atom stereocenters. The topological polar surface area (TPSA) is 33.5 Å². The lowest BCUT2D eigenvalue weighted by Gasteiger charge is -2.27. The third-order valence-corrected chi connectivity index (χ3v) is 6.25. The summed E-state index contributed by atoms with van der Waals surface area (Å²) >= 11 is 1.76. The van der Waals surface area contributed by atoms with E-state index in [9.17, 15) is 4.79 Å². The van der Waals surface area contributed by atoms with Crippen molar-refractivity contribution in [1.82, 2.24) is 0 Å². The zero-order valence-corrected chi connectivity index (χ0v) is 14.8. The first-order chi connectivity index (χ1) is 12.3. The van der Waals surface area contributed by atoms with Crippen LogP contribution in [0.4, 0.5) is 5.69 Å². The summed E-state index contributed by atoms with van der Waals surface area (Å²) in [6.45, 7) is 2.04. The van der Waals surface area contributed by atoms with Gasteiger partial charge in [-0.2, -0.15) is 0 Å². The number of aryl methyl sites for hydroxylation is 1. The molecule has 0 atom stereocenters. The van der Waals surface area contributed by atoms with Gasteiger partial charge in [0.15, 0.2) is 0 Å². The van der Waals surface area contributed by atoms with Gasteiger partial charge in [0.2, 0.25) is 0 Å². The monoisotopic (exact) mass is 349 g/mol. The van der Waals surface area contributed by atoms with E-state index in [-0.39, 0.29) is 5.63 Å². The first-order valence-corrected chi connectivity index (χ1v) is 9.78. The van der Waals surface area contributed by atoms with Gasteiger partial charge in [0.25, 0.3) is 0 Å². The molecule has 0 spiro atoms. The molecule has 2 aliphatic rings. The molecule has 3 aromatic rings. The molecule has 0 amide bonds. The van der Waals surface area contributed by atoms with Crippen molar-refractivity contribution in [3.8, 4) is 22.5 Å². The maximum Gasteiger partial charge on any atom is 0.346 e. The molecular formula is C21H19NO2S. The number of hydrogen-bond acceptors (Lipinski definition) is 4. The van der Waals surface area contributed by atoms with Gasteiger partial charge in [-0.05, 0) is 42.7 Å². The van der Waals surface area contributed by atoms with Gasteiger partial charge in [-0.1, -0.05) is 30.3 Å². The van der Waals surface area contributed by atoms with Crippen molar-refractivity contribution in [3.05, 3.63) is 62.6 Å². The minimum Gasteiger partial charge on any atom is -0.422 e. The van der Waals surface area contributed by atoms with Crippen LogP contribution in [0, 0.1) is 0 Å². The van der Waals surface area contributed by atoms with Gasteiger partial charge < -0.3 is 9.32 Å². The highest BCUT2D eigenvalue weighted by molar-refractivity contribution is 7.10. The highest BCUT2D eigenvalue weighted by Crippen LogP contribution is 2.44. The number of anilines is 1. The van der Waals surface area contributed by atoms with E-state index >= 15 is 0 Å². The Morgan fingerprint density at radius 1 is 1.00 bits per heavy atom. The van der Waals surface area contributed by atoms with Crippen molar-refractivity contribution in [2.75, 3.05) is 18.0 Å². The van der Waals surface area contributed by atoms with E-state index in [1.165, 1.54) is 23.3 Å². The molecule has 3 heterocycles. The third kappa shape index (κ3) is 2.35. The molecule has 126 valence electrons. The summed E-state index contributed by atoms with van der Waals surface area (Å²) in [6, 6.07) is 12.1. The normalized spacial score (nSPS) is 15.9. The van der Waals surface area contributed by atoms with Crippen molar-refractivity contribution < 1.29 is 4.42 Å². The average Bonchev–Trinajstić information content (AvgIpc) is 3.33. The molecule has 2 aromatic heterocycles. The number of nitrogens with zero attached hydrogens (tertiary/aromatic N) is 1. The van der Waals surface area contributed by atoms with Crippen LogP contribution in [0.2, 0.25) is 0 Å². The third-order valence-electron chi connectivity index (χ3n) is 5.27. The molecule has 1 aliphatic heterocycles. The fourth-order valence-electron chi connectivity index (χ4n) is 4.13. The molecule has 0 radical (unpaired) electrons. The second-order valence-corrected chi connectivity index (χ2v) is 7.74. The lowest BCUT2D eigenvalue weighted by atomic mass is 9.91. The van der Waals surface area contributed by atoms with Crippen LogP contribution >= 0.6 is 11.3 Å². The van der Waals surface area contributed by atoms with Crippen molar-refractivity contribution in [1.29, 1.82) is 0 Å². The Labute approximate surface area is 150 Å². The molecule has 5 rings (SSSR count). The van der Waals surface area contributed by atoms with Crippen molar-refractivity contribution in [2.45, 2.75) is 25.7 Å². The van der Waals surface area contributed by atoms with Gasteiger partial charge in [0, 0.05) is 29.1 Å². The smallest absolute Gasteiger partial charge is 0.346 e. The second-order valence-electron chi connectivity index (χ2n) is 6.74. The van der Waals surface area contributed by atoms with Gasteiger partial charge in [0.1, 0.15) is 5.76 Å². The van der Waals surface area contributed by atoms with Gasteiger partial charge in [-0.25, -0.2) is 4.79 Å². The summed E-state index contributed by atoms with van der Waals surface area (Å²) in [7, 11) is 0. The standard InChI is InChI=1S/C21H19NO2S/c23-21-18(14-6-2-1-3-7-14)19(22-11-4-5-12-22)16-8-9-17-15(10-13-25-17)20(16)24-21/h1-3,6-7,10,13H,4-5,8-9,11-12H2. The molecule has 0 N–H and O–H groups in total. The van der Waals surface area contributed by atoms with E-state index in [4.69, 9.17) is 4.42 Å². The Bertz CT molecular complexity index is 981. The van der Waals surface area contributed by atoms with Crippen LogP contribution in [0.15, 0.2) is 51.0 Å². The Hall–Kier alpha value is -2.33. The summed E-state index contributed by atoms with van der Waals surface area (Å²) in [5, 5.41) is 2.10. The minimum atomic E-state index is -0.217. The van der Waals surface area contributed by atoms with Crippen molar-refractivity contribution in [3.63, 3.8) is 0 Å². The lowest BCUT2D eigenvalue weighted by Crippen LogP contribution is -2.25. The molecule has 25 heavy (non-hydrogen) atoms. The molecular weight excluding hydrogens is 330 g/mol. The molecule has 1 fully saturated rings. The van der Waals surface area contributed by atoms with Gasteiger partial charge in [-0.3, -0.25) is 0 Å². The molecule has 0 saturated carbocycles. The second kappa shape index (κ2) is 5.88. The number of fused-ring (bicyclic) bond motifs is 3. The summed E-state index contributed by atoms with van der Waals surface area (Å²) in [6.07, 6.45) is 4.35. The van der Waals surface area contributed by atoms with E-state index in [0.717, 1.165) is 54.1 Å². The van der Waals surface area contributed by atoms with Crippen LogP contribution in [-0.4, -0.2) is 13.1 Å². The van der Waals surface area contributed by atoms with Gasteiger partial charge in [-0.15, -0.1) is 11.3 Å². The number of thiophene rings is 1. The summed E-state index contributed by atoms with van der Waals surface area (Å²) in [4.78, 5) is 16.7. The van der Waals surface area contributed by atoms with Crippen molar-refractivity contribution in [2.24, 2.45) is 0 Å². The summed E-state index contributed by atoms with van der Waals surface area (Å²) in [5.74, 6) is 0.800. The highest BCUT2D eigenvalue weighted by Gasteiger charge is 2.30. The zero-order chi connectivity index (χ0) is 16.8.